The second kappa shape index (κ2) is 8.31. The van der Waals surface area contributed by atoms with Crippen molar-refractivity contribution >= 4 is 31.9 Å². The summed E-state index contributed by atoms with van der Waals surface area (Å²) in [5, 5.41) is 3.48. The zero-order valence-electron chi connectivity index (χ0n) is 11.3. The van der Waals surface area contributed by atoms with E-state index in [4.69, 9.17) is 0 Å². The summed E-state index contributed by atoms with van der Waals surface area (Å²) < 4.78 is 2.21. The fraction of sp³-hybridized carbons (Fsp3) is 0.571. The van der Waals surface area contributed by atoms with Gasteiger partial charge in [0.05, 0.1) is 0 Å². The molecule has 0 fully saturated rings. The van der Waals surface area contributed by atoms with Crippen LogP contribution >= 0.6 is 31.9 Å². The minimum Gasteiger partial charge on any atom is -0.313 e. The molecular weight excluding hydrogens is 356 g/mol. The van der Waals surface area contributed by atoms with Crippen molar-refractivity contribution in [3.63, 3.8) is 0 Å². The van der Waals surface area contributed by atoms with Crippen molar-refractivity contribution < 1.29 is 0 Å². The molecule has 0 aromatic heterocycles. The van der Waals surface area contributed by atoms with Gasteiger partial charge < -0.3 is 10.2 Å². The standard InChI is InChI=1S/C14H22Br2N2/c1-11(2)18(3)8-4-7-17-10-12-5-6-13(15)14(16)9-12/h5-6,9,11,17H,4,7-8,10H2,1-3H3. The number of nitrogens with one attached hydrogen (secondary N) is 1. The summed E-state index contributed by atoms with van der Waals surface area (Å²) >= 11 is 7.00. The van der Waals surface area contributed by atoms with Crippen molar-refractivity contribution in [1.29, 1.82) is 0 Å². The van der Waals surface area contributed by atoms with Crippen LogP contribution in [0.4, 0.5) is 0 Å². The largest absolute Gasteiger partial charge is 0.313 e. The first kappa shape index (κ1) is 16.2. The molecule has 0 spiro atoms. The summed E-state index contributed by atoms with van der Waals surface area (Å²) in [6, 6.07) is 7.00. The highest BCUT2D eigenvalue weighted by Crippen LogP contribution is 2.23. The third-order valence-corrected chi connectivity index (χ3v) is 4.94. The summed E-state index contributed by atoms with van der Waals surface area (Å²) in [4.78, 5) is 2.37. The van der Waals surface area contributed by atoms with E-state index in [1.807, 2.05) is 0 Å². The van der Waals surface area contributed by atoms with Crippen LogP contribution in [0, 0.1) is 0 Å². The number of hydrogen-bond donors (Lipinski definition) is 1. The van der Waals surface area contributed by atoms with Crippen molar-refractivity contribution in [2.45, 2.75) is 32.9 Å². The second-order valence-electron chi connectivity index (χ2n) is 4.85. The van der Waals surface area contributed by atoms with E-state index in [0.29, 0.717) is 6.04 Å². The maximum atomic E-state index is 3.52. The van der Waals surface area contributed by atoms with Crippen molar-refractivity contribution in [1.82, 2.24) is 10.2 Å². The molecule has 1 rings (SSSR count). The van der Waals surface area contributed by atoms with Gasteiger partial charge in [-0.3, -0.25) is 0 Å². The Morgan fingerprint density at radius 3 is 2.56 bits per heavy atom. The van der Waals surface area contributed by atoms with Gasteiger partial charge in [-0.2, -0.15) is 0 Å². The summed E-state index contributed by atoms with van der Waals surface area (Å²) in [6.07, 6.45) is 1.19. The van der Waals surface area contributed by atoms with Crippen LogP contribution in [0.5, 0.6) is 0 Å². The molecule has 4 heteroatoms. The molecule has 0 atom stereocenters. The van der Waals surface area contributed by atoms with Gasteiger partial charge in [0, 0.05) is 21.5 Å². The lowest BCUT2D eigenvalue weighted by Gasteiger charge is -2.20. The third kappa shape index (κ3) is 5.83. The van der Waals surface area contributed by atoms with E-state index in [0.717, 1.165) is 28.6 Å². The van der Waals surface area contributed by atoms with Gasteiger partial charge >= 0.3 is 0 Å². The molecule has 0 aliphatic carbocycles. The molecule has 0 bridgehead atoms. The first-order chi connectivity index (χ1) is 8.50. The average molecular weight is 378 g/mol. The fourth-order valence-corrected chi connectivity index (χ4v) is 2.27. The van der Waals surface area contributed by atoms with Crippen molar-refractivity contribution in [2.24, 2.45) is 0 Å². The number of nitrogens with zero attached hydrogens (tertiary/aromatic N) is 1. The van der Waals surface area contributed by atoms with Crippen molar-refractivity contribution in [2.75, 3.05) is 20.1 Å². The van der Waals surface area contributed by atoms with Gasteiger partial charge in [-0.1, -0.05) is 6.07 Å². The van der Waals surface area contributed by atoms with Crippen LogP contribution in [0.25, 0.3) is 0 Å². The molecule has 0 amide bonds. The predicted octanol–water partition coefficient (Wildman–Crippen LogP) is 4.03. The summed E-state index contributed by atoms with van der Waals surface area (Å²) in [5.41, 5.74) is 1.31. The van der Waals surface area contributed by atoms with E-state index in [-0.39, 0.29) is 0 Å². The monoisotopic (exact) mass is 376 g/mol. The molecule has 0 aliphatic rings. The van der Waals surface area contributed by atoms with E-state index in [9.17, 15) is 0 Å². The van der Waals surface area contributed by atoms with Crippen LogP contribution in [0.15, 0.2) is 27.1 Å². The van der Waals surface area contributed by atoms with Gasteiger partial charge in [-0.25, -0.2) is 0 Å². The van der Waals surface area contributed by atoms with E-state index in [1.54, 1.807) is 0 Å². The molecule has 0 aliphatic heterocycles. The number of halogens is 2. The Kier molecular flexibility index (Phi) is 7.46. The maximum Gasteiger partial charge on any atom is 0.0320 e. The lowest BCUT2D eigenvalue weighted by atomic mass is 10.2. The van der Waals surface area contributed by atoms with Crippen molar-refractivity contribution in [3.05, 3.63) is 32.7 Å². The van der Waals surface area contributed by atoms with Gasteiger partial charge in [-0.05, 0) is 90.0 Å². The Balaban J connectivity index is 2.20. The molecule has 1 aromatic rings. The molecule has 18 heavy (non-hydrogen) atoms. The highest BCUT2D eigenvalue weighted by atomic mass is 79.9. The fourth-order valence-electron chi connectivity index (χ4n) is 1.59. The topological polar surface area (TPSA) is 15.3 Å². The second-order valence-corrected chi connectivity index (χ2v) is 6.56. The number of rotatable bonds is 7. The number of benzene rings is 1. The normalized spacial score (nSPS) is 11.5. The van der Waals surface area contributed by atoms with Crippen LogP contribution in [0.2, 0.25) is 0 Å². The molecule has 1 aromatic carbocycles. The minimum absolute atomic E-state index is 0.632. The molecule has 102 valence electrons. The van der Waals surface area contributed by atoms with E-state index < -0.39 is 0 Å². The lowest BCUT2D eigenvalue weighted by molar-refractivity contribution is 0.269. The van der Waals surface area contributed by atoms with Gasteiger partial charge in [0.1, 0.15) is 0 Å². The SMILES string of the molecule is CC(C)N(C)CCCNCc1ccc(Br)c(Br)c1. The van der Waals surface area contributed by atoms with Crippen LogP contribution in [-0.2, 0) is 6.54 Å². The zero-order valence-corrected chi connectivity index (χ0v) is 14.5. The van der Waals surface area contributed by atoms with Crippen molar-refractivity contribution in [3.8, 4) is 0 Å². The van der Waals surface area contributed by atoms with Crippen LogP contribution in [0.3, 0.4) is 0 Å². The molecule has 0 saturated carbocycles. The highest BCUT2D eigenvalue weighted by molar-refractivity contribution is 9.13. The van der Waals surface area contributed by atoms with Crippen LogP contribution in [-0.4, -0.2) is 31.1 Å². The highest BCUT2D eigenvalue weighted by Gasteiger charge is 2.02. The Morgan fingerprint density at radius 2 is 1.94 bits per heavy atom. The first-order valence-electron chi connectivity index (χ1n) is 6.35. The molecule has 0 unspecified atom stereocenters. The molecule has 0 saturated heterocycles. The zero-order chi connectivity index (χ0) is 13.5. The molecule has 2 nitrogen and oxygen atoms in total. The Bertz CT molecular complexity index is 367. The Hall–Kier alpha value is 0.1000. The quantitative estimate of drug-likeness (QED) is 0.721. The molecule has 0 heterocycles. The molecular formula is C14H22Br2N2. The first-order valence-corrected chi connectivity index (χ1v) is 7.94. The summed E-state index contributed by atoms with van der Waals surface area (Å²) in [5.74, 6) is 0. The molecule has 1 N–H and O–H groups in total. The number of hydrogen-bond acceptors (Lipinski definition) is 2. The minimum atomic E-state index is 0.632. The van der Waals surface area contributed by atoms with Gasteiger partial charge in [0.2, 0.25) is 0 Å². The summed E-state index contributed by atoms with van der Waals surface area (Å²) in [6.45, 7) is 7.59. The van der Waals surface area contributed by atoms with Crippen LogP contribution < -0.4 is 5.32 Å². The van der Waals surface area contributed by atoms with Crippen LogP contribution in [0.1, 0.15) is 25.8 Å². The van der Waals surface area contributed by atoms with Gasteiger partial charge in [0.15, 0.2) is 0 Å². The Labute approximate surface area is 127 Å². The van der Waals surface area contributed by atoms with E-state index in [2.05, 4.69) is 81.2 Å². The maximum absolute atomic E-state index is 3.52. The smallest absolute Gasteiger partial charge is 0.0320 e. The van der Waals surface area contributed by atoms with Gasteiger partial charge in [-0.15, -0.1) is 0 Å². The summed E-state index contributed by atoms with van der Waals surface area (Å²) in [7, 11) is 2.18. The predicted molar refractivity (Wildman–Crippen MR) is 85.9 cm³/mol. The van der Waals surface area contributed by atoms with E-state index in [1.165, 1.54) is 12.0 Å². The molecule has 0 radical (unpaired) electrons. The van der Waals surface area contributed by atoms with E-state index >= 15 is 0 Å². The third-order valence-electron chi connectivity index (χ3n) is 3.06. The van der Waals surface area contributed by atoms with Gasteiger partial charge in [0.25, 0.3) is 0 Å². The Morgan fingerprint density at radius 1 is 1.22 bits per heavy atom. The average Bonchev–Trinajstić information content (AvgIpc) is 2.32. The lowest BCUT2D eigenvalue weighted by Crippen LogP contribution is -2.29.